The van der Waals surface area contributed by atoms with Gasteiger partial charge in [0.05, 0.1) is 6.61 Å². The molecule has 1 aliphatic heterocycles. The molecule has 0 bridgehead atoms. The zero-order valence-electron chi connectivity index (χ0n) is 9.35. The molecule has 2 rings (SSSR count). The minimum absolute atomic E-state index is 0.0348. The van der Waals surface area contributed by atoms with Crippen LogP contribution in [-0.2, 0) is 9.53 Å². The van der Waals surface area contributed by atoms with Crippen molar-refractivity contribution in [3.8, 4) is 0 Å². The second kappa shape index (κ2) is 4.91. The van der Waals surface area contributed by atoms with Gasteiger partial charge in [-0.3, -0.25) is 4.79 Å². The van der Waals surface area contributed by atoms with Gasteiger partial charge in [0.15, 0.2) is 5.54 Å². The molecule has 18 heavy (non-hydrogen) atoms. The molecule has 2 heterocycles. The number of aliphatic carboxylic acids is 1. The molecule has 1 fully saturated rings. The minimum atomic E-state index is -1.35. The summed E-state index contributed by atoms with van der Waals surface area (Å²) in [7, 11) is 0. The molecule has 0 aromatic carbocycles. The van der Waals surface area contributed by atoms with Crippen molar-refractivity contribution in [1.29, 1.82) is 0 Å². The number of nitrogens with one attached hydrogen (secondary N) is 1. The fraction of sp³-hybridized carbons (Fsp3) is 0.364. The number of halogens is 1. The van der Waals surface area contributed by atoms with Crippen LogP contribution in [0, 0.1) is 0 Å². The average Bonchev–Trinajstić information content (AvgIpc) is 2.79. The number of carboxylic acid groups (broad SMARTS) is 1. The largest absolute Gasteiger partial charge is 0.479 e. The molecular weight excluding hydrogens is 260 g/mol. The Hall–Kier alpha value is -1.66. The first kappa shape index (κ1) is 12.8. The Balaban J connectivity index is 2.18. The van der Waals surface area contributed by atoms with Crippen molar-refractivity contribution in [2.45, 2.75) is 12.0 Å². The van der Waals surface area contributed by atoms with E-state index in [1.807, 2.05) is 0 Å². The molecule has 6 nitrogen and oxygen atoms in total. The molecule has 96 valence electrons. The number of aromatic nitrogens is 1. The van der Waals surface area contributed by atoms with Gasteiger partial charge in [-0.05, 0) is 12.1 Å². The Morgan fingerprint density at radius 2 is 2.33 bits per heavy atom. The fourth-order valence-electron chi connectivity index (χ4n) is 1.72. The average molecular weight is 271 g/mol. The van der Waals surface area contributed by atoms with E-state index in [2.05, 4.69) is 10.3 Å². The van der Waals surface area contributed by atoms with E-state index in [1.54, 1.807) is 0 Å². The summed E-state index contributed by atoms with van der Waals surface area (Å²) >= 11 is 5.67. The monoisotopic (exact) mass is 270 g/mol. The summed E-state index contributed by atoms with van der Waals surface area (Å²) in [6.45, 7) is 0.274. The minimum Gasteiger partial charge on any atom is -0.479 e. The van der Waals surface area contributed by atoms with E-state index in [9.17, 15) is 14.7 Å². The quantitative estimate of drug-likeness (QED) is 0.790. The predicted octanol–water partition coefficient (Wildman–Crippen LogP) is 0.708. The first-order chi connectivity index (χ1) is 8.53. The van der Waals surface area contributed by atoms with E-state index in [4.69, 9.17) is 16.3 Å². The van der Waals surface area contributed by atoms with Crippen molar-refractivity contribution in [2.24, 2.45) is 0 Å². The van der Waals surface area contributed by atoms with Crippen LogP contribution in [0.5, 0.6) is 0 Å². The number of rotatable bonds is 3. The lowest BCUT2D eigenvalue weighted by atomic mass is 9.98. The van der Waals surface area contributed by atoms with Crippen molar-refractivity contribution >= 4 is 23.5 Å². The summed E-state index contributed by atoms with van der Waals surface area (Å²) in [5.74, 6) is -1.61. The summed E-state index contributed by atoms with van der Waals surface area (Å²) in [5.41, 5.74) is -1.09. The molecule has 0 radical (unpaired) electrons. The van der Waals surface area contributed by atoms with Crippen molar-refractivity contribution in [3.05, 3.63) is 29.0 Å². The van der Waals surface area contributed by atoms with Crippen molar-refractivity contribution in [3.63, 3.8) is 0 Å². The number of nitrogens with zero attached hydrogens (tertiary/aromatic N) is 1. The number of carbonyl (C=O) groups is 2. The van der Waals surface area contributed by atoms with Gasteiger partial charge in [0.1, 0.15) is 5.15 Å². The van der Waals surface area contributed by atoms with E-state index >= 15 is 0 Å². The number of carboxylic acids is 1. The summed E-state index contributed by atoms with van der Waals surface area (Å²) in [6, 6.07) is 2.84. The molecule has 1 aromatic heterocycles. The Kier molecular flexibility index (Phi) is 3.49. The smallest absolute Gasteiger partial charge is 0.331 e. The molecule has 1 saturated heterocycles. The molecule has 1 atom stereocenters. The van der Waals surface area contributed by atoms with Crippen LogP contribution >= 0.6 is 11.6 Å². The fourth-order valence-corrected chi connectivity index (χ4v) is 1.89. The molecule has 1 aliphatic rings. The maximum Gasteiger partial charge on any atom is 0.331 e. The zero-order chi connectivity index (χ0) is 13.2. The Morgan fingerprint density at radius 3 is 2.89 bits per heavy atom. The van der Waals surface area contributed by atoms with Crippen LogP contribution < -0.4 is 5.32 Å². The maximum atomic E-state index is 11.9. The van der Waals surface area contributed by atoms with E-state index in [-0.39, 0.29) is 23.7 Å². The first-order valence-electron chi connectivity index (χ1n) is 5.29. The Labute approximate surface area is 108 Å². The lowest BCUT2D eigenvalue weighted by Crippen LogP contribution is -2.55. The van der Waals surface area contributed by atoms with E-state index in [0.717, 1.165) is 0 Å². The highest BCUT2D eigenvalue weighted by atomic mass is 35.5. The van der Waals surface area contributed by atoms with Gasteiger partial charge in [-0.1, -0.05) is 11.6 Å². The van der Waals surface area contributed by atoms with E-state index in [0.29, 0.717) is 6.61 Å². The molecule has 1 amide bonds. The number of ether oxygens (including phenoxy) is 1. The van der Waals surface area contributed by atoms with Crippen molar-refractivity contribution in [2.75, 3.05) is 13.2 Å². The number of carbonyl (C=O) groups excluding carboxylic acids is 1. The van der Waals surface area contributed by atoms with Crippen LogP contribution in [0.4, 0.5) is 0 Å². The third-order valence-electron chi connectivity index (χ3n) is 2.77. The molecule has 1 aromatic rings. The van der Waals surface area contributed by atoms with Crippen LogP contribution in [-0.4, -0.2) is 40.7 Å². The van der Waals surface area contributed by atoms with E-state index < -0.39 is 17.4 Å². The molecule has 1 unspecified atom stereocenters. The van der Waals surface area contributed by atoms with E-state index in [1.165, 1.54) is 18.3 Å². The predicted molar refractivity (Wildman–Crippen MR) is 62.5 cm³/mol. The lowest BCUT2D eigenvalue weighted by Gasteiger charge is -2.23. The number of pyridine rings is 1. The summed E-state index contributed by atoms with van der Waals surface area (Å²) in [6.07, 6.45) is 1.63. The normalized spacial score (nSPS) is 22.7. The van der Waals surface area contributed by atoms with Crippen molar-refractivity contribution < 1.29 is 19.4 Å². The molecule has 2 N–H and O–H groups in total. The Bertz CT molecular complexity index is 486. The van der Waals surface area contributed by atoms with Crippen LogP contribution in [0.1, 0.15) is 16.8 Å². The first-order valence-corrected chi connectivity index (χ1v) is 5.66. The Morgan fingerprint density at radius 1 is 1.56 bits per heavy atom. The third kappa shape index (κ3) is 2.44. The summed E-state index contributed by atoms with van der Waals surface area (Å²) < 4.78 is 5.05. The highest BCUT2D eigenvalue weighted by molar-refractivity contribution is 6.29. The van der Waals surface area contributed by atoms with Crippen LogP contribution in [0.15, 0.2) is 18.3 Å². The molecule has 0 spiro atoms. The molecule has 7 heteroatoms. The van der Waals surface area contributed by atoms with Gasteiger partial charge in [-0.25, -0.2) is 9.78 Å². The van der Waals surface area contributed by atoms with Crippen LogP contribution in [0.25, 0.3) is 0 Å². The van der Waals surface area contributed by atoms with Gasteiger partial charge in [0.25, 0.3) is 5.91 Å². The SMILES string of the molecule is O=C(NC1(C(=O)O)CCOC1)c1ccnc(Cl)c1. The number of amides is 1. The van der Waals surface area contributed by atoms with Gasteiger partial charge < -0.3 is 15.2 Å². The van der Waals surface area contributed by atoms with Crippen LogP contribution in [0.2, 0.25) is 5.15 Å². The van der Waals surface area contributed by atoms with Gasteiger partial charge in [-0.2, -0.15) is 0 Å². The van der Waals surface area contributed by atoms with Gasteiger partial charge in [0, 0.05) is 24.8 Å². The topological polar surface area (TPSA) is 88.5 Å². The van der Waals surface area contributed by atoms with Crippen LogP contribution in [0.3, 0.4) is 0 Å². The van der Waals surface area contributed by atoms with Gasteiger partial charge >= 0.3 is 5.97 Å². The molecule has 0 saturated carbocycles. The number of hydrogen-bond acceptors (Lipinski definition) is 4. The molecular formula is C11H11ClN2O4. The van der Waals surface area contributed by atoms with Gasteiger partial charge in [0.2, 0.25) is 0 Å². The van der Waals surface area contributed by atoms with Crippen molar-refractivity contribution in [1.82, 2.24) is 10.3 Å². The van der Waals surface area contributed by atoms with Gasteiger partial charge in [-0.15, -0.1) is 0 Å². The standard InChI is InChI=1S/C11H11ClN2O4/c12-8-5-7(1-3-13-8)9(15)14-11(10(16)17)2-4-18-6-11/h1,3,5H,2,4,6H2,(H,14,15)(H,16,17). The summed E-state index contributed by atoms with van der Waals surface area (Å²) in [5, 5.41) is 11.8. The highest BCUT2D eigenvalue weighted by Gasteiger charge is 2.44. The maximum absolute atomic E-state index is 11.9. The number of hydrogen-bond donors (Lipinski definition) is 2. The second-order valence-corrected chi connectivity index (χ2v) is 4.40. The second-order valence-electron chi connectivity index (χ2n) is 4.01. The highest BCUT2D eigenvalue weighted by Crippen LogP contribution is 2.20. The third-order valence-corrected chi connectivity index (χ3v) is 2.98. The zero-order valence-corrected chi connectivity index (χ0v) is 10.1. The lowest BCUT2D eigenvalue weighted by molar-refractivity contribution is -0.144. The molecule has 0 aliphatic carbocycles. The summed E-state index contributed by atoms with van der Waals surface area (Å²) in [4.78, 5) is 26.9.